The third kappa shape index (κ3) is 3.29. The van der Waals surface area contributed by atoms with E-state index >= 15 is 0 Å². The lowest BCUT2D eigenvalue weighted by Crippen LogP contribution is -2.35. The van der Waals surface area contributed by atoms with Gasteiger partial charge < -0.3 is 10.1 Å². The summed E-state index contributed by atoms with van der Waals surface area (Å²) in [7, 11) is 3.32. The van der Waals surface area contributed by atoms with Gasteiger partial charge in [0.15, 0.2) is 5.82 Å². The lowest BCUT2D eigenvalue weighted by atomic mass is 10.2. The highest BCUT2D eigenvalue weighted by atomic mass is 16.5. The summed E-state index contributed by atoms with van der Waals surface area (Å²) < 4.78 is 6.53. The zero-order valence-electron chi connectivity index (χ0n) is 14.6. The predicted molar refractivity (Wildman–Crippen MR) is 91.7 cm³/mol. The molecule has 2 atom stereocenters. The first-order chi connectivity index (χ1) is 12.2. The predicted octanol–water partition coefficient (Wildman–Crippen LogP) is 0.822. The highest BCUT2D eigenvalue weighted by molar-refractivity contribution is 5.91. The third-order valence-electron chi connectivity index (χ3n) is 5.10. The van der Waals surface area contributed by atoms with Crippen LogP contribution in [0, 0.1) is 11.8 Å². The number of carbonyl (C=O) groups is 1. The molecule has 2 aromatic rings. The minimum absolute atomic E-state index is 0.147. The molecular weight excluding hydrogens is 318 g/mol. The van der Waals surface area contributed by atoms with Gasteiger partial charge >= 0.3 is 0 Å². The van der Waals surface area contributed by atoms with Gasteiger partial charge in [0.2, 0.25) is 5.82 Å². The Morgan fingerprint density at radius 3 is 2.68 bits per heavy atom. The van der Waals surface area contributed by atoms with Crippen molar-refractivity contribution in [3.8, 4) is 0 Å². The molecule has 2 aliphatic rings. The Labute approximate surface area is 147 Å². The molecule has 1 aromatic carbocycles. The summed E-state index contributed by atoms with van der Waals surface area (Å²) in [5.74, 6) is 1.84. The molecule has 0 radical (unpaired) electrons. The summed E-state index contributed by atoms with van der Waals surface area (Å²) in [6.45, 7) is 3.37. The van der Waals surface area contributed by atoms with E-state index in [0.29, 0.717) is 30.1 Å². The minimum Gasteiger partial charge on any atom is -0.377 e. The van der Waals surface area contributed by atoms with Crippen molar-refractivity contribution in [1.82, 2.24) is 25.0 Å². The topological polar surface area (TPSA) is 72.3 Å². The van der Waals surface area contributed by atoms with E-state index in [0.717, 1.165) is 19.6 Å². The number of rotatable bonds is 6. The third-order valence-corrected chi connectivity index (χ3v) is 5.10. The number of ether oxygens (including phenoxy) is 1. The van der Waals surface area contributed by atoms with E-state index < -0.39 is 0 Å². The number of hydrogen-bond acceptors (Lipinski definition) is 5. The standard InChI is InChI=1S/C18H23N5O2/c1-22-17(19-15(21-22)11-25-2)18(24)20-16-13-9-23(10-14(13)16)8-12-6-4-3-5-7-12/h3-7,13-14,16H,8-11H2,1-2H3,(H,20,24). The molecule has 4 rings (SSSR count). The lowest BCUT2D eigenvalue weighted by molar-refractivity contribution is 0.0927. The van der Waals surface area contributed by atoms with E-state index in [1.807, 2.05) is 6.07 Å². The van der Waals surface area contributed by atoms with Gasteiger partial charge in [0.1, 0.15) is 6.61 Å². The van der Waals surface area contributed by atoms with Crippen molar-refractivity contribution in [1.29, 1.82) is 0 Å². The van der Waals surface area contributed by atoms with Crippen LogP contribution in [-0.4, -0.2) is 51.8 Å². The van der Waals surface area contributed by atoms with Crippen molar-refractivity contribution in [3.63, 3.8) is 0 Å². The van der Waals surface area contributed by atoms with Gasteiger partial charge in [0.25, 0.3) is 5.91 Å². The molecule has 1 aliphatic heterocycles. The van der Waals surface area contributed by atoms with Crippen molar-refractivity contribution in [2.24, 2.45) is 18.9 Å². The largest absolute Gasteiger partial charge is 0.377 e. The Morgan fingerprint density at radius 1 is 1.28 bits per heavy atom. The van der Waals surface area contributed by atoms with Crippen molar-refractivity contribution < 1.29 is 9.53 Å². The Kier molecular flexibility index (Phi) is 4.27. The van der Waals surface area contributed by atoms with E-state index in [2.05, 4.69) is 44.6 Å². The van der Waals surface area contributed by atoms with Crippen molar-refractivity contribution in [2.75, 3.05) is 20.2 Å². The summed E-state index contributed by atoms with van der Waals surface area (Å²) in [5, 5.41) is 7.31. The number of piperidine rings is 1. The Bertz CT molecular complexity index is 748. The zero-order chi connectivity index (χ0) is 17.4. The number of aromatic nitrogens is 3. The normalized spacial score (nSPS) is 25.0. The fourth-order valence-corrected chi connectivity index (χ4v) is 3.84. The molecule has 7 nitrogen and oxygen atoms in total. The Balaban J connectivity index is 1.30. The molecule has 1 aromatic heterocycles. The molecule has 1 aliphatic carbocycles. The molecule has 1 saturated heterocycles. The molecule has 1 N–H and O–H groups in total. The number of aryl methyl sites for hydroxylation is 1. The molecule has 2 heterocycles. The monoisotopic (exact) mass is 341 g/mol. The van der Waals surface area contributed by atoms with Crippen LogP contribution in [0.5, 0.6) is 0 Å². The molecule has 0 bridgehead atoms. The number of nitrogens with one attached hydrogen (secondary N) is 1. The number of methoxy groups -OCH3 is 1. The quantitative estimate of drug-likeness (QED) is 0.842. The highest BCUT2D eigenvalue weighted by Crippen LogP contribution is 2.45. The number of carbonyl (C=O) groups excluding carboxylic acids is 1. The second-order valence-corrected chi connectivity index (χ2v) is 6.91. The molecule has 25 heavy (non-hydrogen) atoms. The number of hydrogen-bond donors (Lipinski definition) is 1. The second kappa shape index (κ2) is 6.57. The van der Waals surface area contributed by atoms with Gasteiger partial charge in [0.05, 0.1) is 0 Å². The summed E-state index contributed by atoms with van der Waals surface area (Å²) in [5.41, 5.74) is 1.34. The van der Waals surface area contributed by atoms with E-state index in [4.69, 9.17) is 4.74 Å². The first-order valence-electron chi connectivity index (χ1n) is 8.61. The van der Waals surface area contributed by atoms with E-state index in [-0.39, 0.29) is 11.9 Å². The van der Waals surface area contributed by atoms with Crippen LogP contribution in [0.3, 0.4) is 0 Å². The molecule has 132 valence electrons. The van der Waals surface area contributed by atoms with Crippen molar-refractivity contribution in [2.45, 2.75) is 19.2 Å². The first kappa shape index (κ1) is 16.2. The molecular formula is C18H23N5O2. The average Bonchev–Trinajstić information content (AvgIpc) is 2.95. The maximum Gasteiger partial charge on any atom is 0.289 e. The number of likely N-dealkylation sites (tertiary alicyclic amines) is 1. The van der Waals surface area contributed by atoms with Gasteiger partial charge in [-0.25, -0.2) is 9.67 Å². The first-order valence-corrected chi connectivity index (χ1v) is 8.61. The molecule has 7 heteroatoms. The van der Waals surface area contributed by atoms with Crippen LogP contribution in [0.2, 0.25) is 0 Å². The summed E-state index contributed by atoms with van der Waals surface area (Å²) in [6.07, 6.45) is 0. The lowest BCUT2D eigenvalue weighted by Gasteiger charge is -2.19. The van der Waals surface area contributed by atoms with Crippen LogP contribution in [0.25, 0.3) is 0 Å². The number of fused-ring (bicyclic) bond motifs is 1. The summed E-state index contributed by atoms with van der Waals surface area (Å²) >= 11 is 0. The SMILES string of the molecule is COCc1nc(C(=O)NC2C3CN(Cc4ccccc4)CC32)n(C)n1. The Hall–Kier alpha value is -2.25. The Morgan fingerprint density at radius 2 is 2.00 bits per heavy atom. The molecule has 2 unspecified atom stereocenters. The maximum absolute atomic E-state index is 12.4. The molecule has 0 spiro atoms. The van der Waals surface area contributed by atoms with E-state index in [9.17, 15) is 4.79 Å². The van der Waals surface area contributed by atoms with Gasteiger partial charge in [-0.2, -0.15) is 5.10 Å². The number of nitrogens with zero attached hydrogens (tertiary/aromatic N) is 4. The van der Waals surface area contributed by atoms with E-state index in [1.165, 1.54) is 10.2 Å². The zero-order valence-corrected chi connectivity index (χ0v) is 14.6. The minimum atomic E-state index is -0.147. The van der Waals surface area contributed by atoms with Crippen LogP contribution < -0.4 is 5.32 Å². The fourth-order valence-electron chi connectivity index (χ4n) is 3.84. The van der Waals surface area contributed by atoms with Crippen LogP contribution in [0.15, 0.2) is 30.3 Å². The highest BCUT2D eigenvalue weighted by Gasteiger charge is 2.56. The maximum atomic E-state index is 12.4. The van der Waals surface area contributed by atoms with Crippen LogP contribution in [0.1, 0.15) is 22.0 Å². The van der Waals surface area contributed by atoms with Gasteiger partial charge in [-0.05, 0) is 17.4 Å². The molecule has 1 amide bonds. The number of amides is 1. The summed E-state index contributed by atoms with van der Waals surface area (Å²) in [4.78, 5) is 19.2. The fraction of sp³-hybridized carbons (Fsp3) is 0.500. The number of benzene rings is 1. The van der Waals surface area contributed by atoms with Crippen molar-refractivity contribution in [3.05, 3.63) is 47.5 Å². The van der Waals surface area contributed by atoms with Crippen LogP contribution >= 0.6 is 0 Å². The molecule has 2 fully saturated rings. The van der Waals surface area contributed by atoms with Crippen LogP contribution in [0.4, 0.5) is 0 Å². The van der Waals surface area contributed by atoms with E-state index in [1.54, 1.807) is 14.2 Å². The van der Waals surface area contributed by atoms with Gasteiger partial charge in [-0.3, -0.25) is 9.69 Å². The van der Waals surface area contributed by atoms with Gasteiger partial charge in [-0.1, -0.05) is 30.3 Å². The average molecular weight is 341 g/mol. The smallest absolute Gasteiger partial charge is 0.289 e. The van der Waals surface area contributed by atoms with Crippen LogP contribution in [-0.2, 0) is 24.9 Å². The second-order valence-electron chi connectivity index (χ2n) is 6.91. The summed E-state index contributed by atoms with van der Waals surface area (Å²) in [6, 6.07) is 10.8. The molecule has 1 saturated carbocycles. The van der Waals surface area contributed by atoms with Gasteiger partial charge in [-0.15, -0.1) is 0 Å². The van der Waals surface area contributed by atoms with Crippen molar-refractivity contribution >= 4 is 5.91 Å². The van der Waals surface area contributed by atoms with Gasteiger partial charge in [0, 0.05) is 39.8 Å².